The minimum atomic E-state index is -0.844. The van der Waals surface area contributed by atoms with Gasteiger partial charge in [-0.1, -0.05) is 150 Å². The van der Waals surface area contributed by atoms with Crippen LogP contribution in [0.15, 0.2) is 83.6 Å². The molecule has 0 aliphatic carbocycles. The lowest BCUT2D eigenvalue weighted by atomic mass is 9.92. The third kappa shape index (κ3) is 12.4. The summed E-state index contributed by atoms with van der Waals surface area (Å²) >= 11 is 3.32. The van der Waals surface area contributed by atoms with Gasteiger partial charge in [-0.3, -0.25) is 0 Å². The molecule has 4 atom stereocenters. The molecule has 4 heterocycles. The number of carbonyl (C=O) groups is 2. The van der Waals surface area contributed by atoms with E-state index in [1.54, 1.807) is 23.5 Å². The molecule has 0 radical (unpaired) electrons. The molecule has 4 unspecified atom stereocenters. The Morgan fingerprint density at radius 1 is 0.579 bits per heavy atom. The summed E-state index contributed by atoms with van der Waals surface area (Å²) in [5.74, 6) is 1.94. The normalized spacial score (nSPS) is 17.4. The van der Waals surface area contributed by atoms with Gasteiger partial charge >= 0.3 is 12.3 Å². The number of ether oxygens (including phenoxy) is 5. The van der Waals surface area contributed by atoms with Crippen molar-refractivity contribution < 1.29 is 33.3 Å². The molecule has 2 aliphatic heterocycles. The highest BCUT2D eigenvalue weighted by Gasteiger charge is 2.43. The minimum Gasteiger partial charge on any atom is -0.430 e. The number of rotatable bonds is 24. The molecule has 304 valence electrons. The number of unbranched alkanes of at least 4 members (excludes halogenated alkanes) is 10. The first-order valence-electron chi connectivity index (χ1n) is 20.4. The van der Waals surface area contributed by atoms with Gasteiger partial charge in [0.25, 0.3) is 0 Å². The van der Waals surface area contributed by atoms with Crippen molar-refractivity contribution in [3.63, 3.8) is 0 Å². The second kappa shape index (κ2) is 22.7. The van der Waals surface area contributed by atoms with Crippen LogP contribution in [0.1, 0.15) is 114 Å². The molecule has 0 spiro atoms. The van der Waals surface area contributed by atoms with E-state index < -0.39 is 36.7 Å². The fourth-order valence-corrected chi connectivity index (χ4v) is 8.60. The Kier molecular flexibility index (Phi) is 16.9. The standard InChI is InChI=1S/C44H54N4O7S2/c1-3-5-7-9-11-17-23-56-41-45-25-31(26-46-41)33-19-13-15-21-35(33)39(37-29-51-43(49)53-37)55-40(38-30-52-44(50)54-38)36-22-16-14-20-34(36)32-27-47-42(48-28-32)57-24-18-12-10-8-6-4-2/h13-16,19-22,25-28,37-40H,3-12,17-18,23-24,29-30H2,1-2H3. The summed E-state index contributed by atoms with van der Waals surface area (Å²) in [6, 6.07) is 15.5. The van der Waals surface area contributed by atoms with Crippen LogP contribution in [0.25, 0.3) is 22.3 Å². The molecule has 0 amide bonds. The lowest BCUT2D eigenvalue weighted by Gasteiger charge is -2.31. The van der Waals surface area contributed by atoms with Gasteiger partial charge in [-0.2, -0.15) is 0 Å². The number of hydrogen-bond donors (Lipinski definition) is 0. The van der Waals surface area contributed by atoms with E-state index in [1.165, 1.54) is 64.2 Å². The predicted octanol–water partition coefficient (Wildman–Crippen LogP) is 11.4. The average Bonchev–Trinajstić information content (AvgIpc) is 3.88. The van der Waals surface area contributed by atoms with Crippen molar-refractivity contribution in [2.75, 3.05) is 24.7 Å². The average molecular weight is 815 g/mol. The Hall–Kier alpha value is -4.20. The van der Waals surface area contributed by atoms with E-state index in [1.807, 2.05) is 73.3 Å². The van der Waals surface area contributed by atoms with Crippen LogP contribution < -0.4 is 0 Å². The fraction of sp³-hybridized carbons (Fsp3) is 0.500. The third-order valence-corrected chi connectivity index (χ3v) is 12.0. The van der Waals surface area contributed by atoms with E-state index >= 15 is 0 Å². The molecule has 2 aromatic heterocycles. The molecule has 6 rings (SSSR count). The molecule has 2 fully saturated rings. The highest BCUT2D eigenvalue weighted by Crippen LogP contribution is 2.42. The van der Waals surface area contributed by atoms with E-state index in [9.17, 15) is 9.59 Å². The first-order chi connectivity index (χ1) is 28.0. The number of thioether (sulfide) groups is 2. The summed E-state index contributed by atoms with van der Waals surface area (Å²) in [5, 5.41) is 1.45. The highest BCUT2D eigenvalue weighted by atomic mass is 32.2. The SMILES string of the molecule is CCCCCCCCSc1ncc(-c2ccccc2C(OC(c2ccccc2-c2cnc(SCCCCCCCC)nc2)C2COC(=O)O2)C2COC(=O)O2)cn1. The Bertz CT molecular complexity index is 1720. The van der Waals surface area contributed by atoms with Crippen molar-refractivity contribution >= 4 is 35.8 Å². The zero-order valence-corrected chi connectivity index (χ0v) is 34.6. The van der Waals surface area contributed by atoms with Crippen LogP contribution in [0.2, 0.25) is 0 Å². The number of carbonyl (C=O) groups excluding carboxylic acids is 2. The largest absolute Gasteiger partial charge is 0.508 e. The van der Waals surface area contributed by atoms with E-state index in [0.29, 0.717) is 0 Å². The van der Waals surface area contributed by atoms with Crippen molar-refractivity contribution in [1.82, 2.24) is 19.9 Å². The van der Waals surface area contributed by atoms with Crippen LogP contribution in [0.3, 0.4) is 0 Å². The Labute approximate surface area is 344 Å². The summed E-state index contributed by atoms with van der Waals surface area (Å²) in [5.41, 5.74) is 4.67. The molecule has 0 saturated carbocycles. The smallest absolute Gasteiger partial charge is 0.430 e. The van der Waals surface area contributed by atoms with Crippen LogP contribution >= 0.6 is 23.5 Å². The zero-order chi connectivity index (χ0) is 39.7. The number of cyclic esters (lactones) is 4. The molecule has 11 nitrogen and oxygen atoms in total. The monoisotopic (exact) mass is 814 g/mol. The maximum Gasteiger partial charge on any atom is 0.508 e. The number of benzene rings is 2. The van der Waals surface area contributed by atoms with Crippen LogP contribution in [-0.4, -0.2) is 69.2 Å². The summed E-state index contributed by atoms with van der Waals surface area (Å²) < 4.78 is 29.1. The molecule has 2 saturated heterocycles. The van der Waals surface area contributed by atoms with Gasteiger partial charge in [0.15, 0.2) is 22.5 Å². The van der Waals surface area contributed by atoms with Gasteiger partial charge < -0.3 is 23.7 Å². The first kappa shape index (κ1) is 42.4. The molecule has 2 aromatic carbocycles. The maximum absolute atomic E-state index is 12.4. The molecular formula is C44H54N4O7S2. The first-order valence-corrected chi connectivity index (χ1v) is 22.4. The molecule has 4 aromatic rings. The van der Waals surface area contributed by atoms with Crippen LogP contribution in [0.4, 0.5) is 9.59 Å². The van der Waals surface area contributed by atoms with Gasteiger partial charge in [0.1, 0.15) is 25.4 Å². The fourth-order valence-electron chi connectivity index (χ4n) is 7.03. The molecule has 13 heteroatoms. The topological polar surface area (TPSA) is 132 Å². The van der Waals surface area contributed by atoms with Crippen molar-refractivity contribution in [1.29, 1.82) is 0 Å². The molecule has 57 heavy (non-hydrogen) atoms. The molecule has 0 N–H and O–H groups in total. The van der Waals surface area contributed by atoms with Crippen LogP contribution in [0, 0.1) is 0 Å². The van der Waals surface area contributed by atoms with Gasteiger partial charge in [-0.05, 0) is 35.1 Å². The third-order valence-electron chi connectivity index (χ3n) is 10.1. The van der Waals surface area contributed by atoms with Gasteiger partial charge in [0.05, 0.1) is 0 Å². The zero-order valence-electron chi connectivity index (χ0n) is 33.0. The van der Waals surface area contributed by atoms with Gasteiger partial charge in [0.2, 0.25) is 0 Å². The molecular weight excluding hydrogens is 761 g/mol. The number of nitrogens with zero attached hydrogens (tertiary/aromatic N) is 4. The van der Waals surface area contributed by atoms with E-state index in [0.717, 1.165) is 68.0 Å². The Balaban J connectivity index is 1.24. The van der Waals surface area contributed by atoms with Crippen LogP contribution in [-0.2, 0) is 23.7 Å². The van der Waals surface area contributed by atoms with Crippen molar-refractivity contribution in [3.8, 4) is 22.3 Å². The Morgan fingerprint density at radius 2 is 0.965 bits per heavy atom. The summed E-state index contributed by atoms with van der Waals surface area (Å²) in [6.07, 6.45) is 17.3. The lowest BCUT2D eigenvalue weighted by molar-refractivity contribution is -0.107. The predicted molar refractivity (Wildman–Crippen MR) is 222 cm³/mol. The number of hydrogen-bond acceptors (Lipinski definition) is 13. The van der Waals surface area contributed by atoms with E-state index in [2.05, 4.69) is 13.8 Å². The maximum atomic E-state index is 12.4. The van der Waals surface area contributed by atoms with Crippen molar-refractivity contribution in [2.45, 2.75) is 126 Å². The minimum absolute atomic E-state index is 0.0244. The molecule has 2 aliphatic rings. The summed E-state index contributed by atoms with van der Waals surface area (Å²) in [7, 11) is 0. The van der Waals surface area contributed by atoms with Crippen molar-refractivity contribution in [3.05, 3.63) is 84.4 Å². The Morgan fingerprint density at radius 3 is 1.35 bits per heavy atom. The number of aromatic nitrogens is 4. The quantitative estimate of drug-likeness (QED) is 0.0288. The van der Waals surface area contributed by atoms with Gasteiger partial charge in [-0.25, -0.2) is 29.5 Å². The van der Waals surface area contributed by atoms with Gasteiger partial charge in [-0.15, -0.1) is 0 Å². The molecule has 0 bridgehead atoms. The van der Waals surface area contributed by atoms with E-state index in [-0.39, 0.29) is 13.2 Å². The van der Waals surface area contributed by atoms with Crippen molar-refractivity contribution in [2.24, 2.45) is 0 Å². The second-order valence-corrected chi connectivity index (χ2v) is 16.5. The lowest BCUT2D eigenvalue weighted by Crippen LogP contribution is -2.31. The summed E-state index contributed by atoms with van der Waals surface area (Å²) in [4.78, 5) is 43.5. The summed E-state index contributed by atoms with van der Waals surface area (Å²) in [6.45, 7) is 4.41. The highest BCUT2D eigenvalue weighted by molar-refractivity contribution is 7.99. The van der Waals surface area contributed by atoms with E-state index in [4.69, 9.17) is 43.6 Å². The van der Waals surface area contributed by atoms with Gasteiger partial charge in [0, 0.05) is 47.4 Å². The van der Waals surface area contributed by atoms with Crippen LogP contribution in [0.5, 0.6) is 0 Å². The second-order valence-electron chi connectivity index (χ2n) is 14.3.